The molecule has 230 valence electrons. The van der Waals surface area contributed by atoms with Crippen LogP contribution in [0.3, 0.4) is 0 Å². The van der Waals surface area contributed by atoms with E-state index in [9.17, 15) is 8.42 Å². The van der Waals surface area contributed by atoms with E-state index in [0.29, 0.717) is 42.4 Å². The van der Waals surface area contributed by atoms with Crippen LogP contribution in [0.1, 0.15) is 51.0 Å². The Labute approximate surface area is 255 Å². The molecule has 43 heavy (non-hydrogen) atoms. The highest BCUT2D eigenvalue weighted by atomic mass is 32.2. The summed E-state index contributed by atoms with van der Waals surface area (Å²) in [5.74, 6) is 1.61. The zero-order valence-electron chi connectivity index (χ0n) is 25.4. The summed E-state index contributed by atoms with van der Waals surface area (Å²) in [4.78, 5) is 15.9. The fourth-order valence-electron chi connectivity index (χ4n) is 4.74. The van der Waals surface area contributed by atoms with E-state index < -0.39 is 10.0 Å². The zero-order chi connectivity index (χ0) is 30.5. The van der Waals surface area contributed by atoms with E-state index in [1.54, 1.807) is 12.1 Å². The van der Waals surface area contributed by atoms with Crippen molar-refractivity contribution in [3.8, 4) is 0 Å². The third-order valence-electron chi connectivity index (χ3n) is 7.05. The van der Waals surface area contributed by atoms with Crippen molar-refractivity contribution in [1.29, 1.82) is 0 Å². The molecule has 0 aliphatic heterocycles. The first-order valence-corrected chi connectivity index (χ1v) is 16.6. The van der Waals surface area contributed by atoms with Crippen molar-refractivity contribution in [2.45, 2.75) is 56.9 Å². The highest BCUT2D eigenvalue weighted by Gasteiger charge is 2.18. The molecule has 0 bridgehead atoms. The number of sulfonamides is 1. The average Bonchev–Trinajstić information content (AvgIpc) is 3.01. The summed E-state index contributed by atoms with van der Waals surface area (Å²) in [5.41, 5.74) is 2.14. The molecule has 0 saturated heterocycles. The summed E-state index contributed by atoms with van der Waals surface area (Å²) >= 11 is 0. The smallest absolute Gasteiger partial charge is 0.241 e. The van der Waals surface area contributed by atoms with Gasteiger partial charge < -0.3 is 20.9 Å². The number of hydrogen-bond donors (Lipinski definition) is 4. The number of nitrogens with zero attached hydrogens (tertiary/aromatic N) is 4. The maximum absolute atomic E-state index is 13.1. The maximum atomic E-state index is 13.1. The van der Waals surface area contributed by atoms with Crippen molar-refractivity contribution in [1.82, 2.24) is 19.7 Å². The van der Waals surface area contributed by atoms with Crippen molar-refractivity contribution in [2.75, 3.05) is 54.6 Å². The quantitative estimate of drug-likeness (QED) is 0.103. The van der Waals surface area contributed by atoms with Gasteiger partial charge in [-0.05, 0) is 37.0 Å². The Bertz CT molecular complexity index is 1550. The minimum absolute atomic E-state index is 0.316. The Morgan fingerprint density at radius 2 is 1.26 bits per heavy atom. The molecule has 0 spiro atoms. The third kappa shape index (κ3) is 9.52. The number of aromatic nitrogens is 3. The van der Waals surface area contributed by atoms with E-state index in [2.05, 4.69) is 54.7 Å². The molecule has 0 saturated carbocycles. The van der Waals surface area contributed by atoms with Gasteiger partial charge in [-0.2, -0.15) is 15.0 Å². The lowest BCUT2D eigenvalue weighted by Crippen LogP contribution is -2.25. The second kappa shape index (κ2) is 16.0. The molecule has 11 heteroatoms. The van der Waals surface area contributed by atoms with E-state index >= 15 is 0 Å². The third-order valence-corrected chi connectivity index (χ3v) is 8.57. The van der Waals surface area contributed by atoms with E-state index in [-0.39, 0.29) is 0 Å². The van der Waals surface area contributed by atoms with Gasteiger partial charge in [0.05, 0.1) is 4.90 Å². The SMILES string of the molecule is CCCCNc1nc(NCCCCCCNS(=O)(=O)c2cccc3c(N(C)C)cccc23)nc(NCc2ccccc2)n1. The van der Waals surface area contributed by atoms with Crippen molar-refractivity contribution < 1.29 is 8.42 Å². The number of fused-ring (bicyclic) bond motifs is 1. The molecule has 1 aromatic heterocycles. The molecule has 0 amide bonds. The second-order valence-corrected chi connectivity index (χ2v) is 12.4. The molecule has 0 fully saturated rings. The molecule has 4 rings (SSSR count). The summed E-state index contributed by atoms with van der Waals surface area (Å²) in [6.45, 7) is 4.69. The van der Waals surface area contributed by atoms with Crippen LogP contribution in [0, 0.1) is 0 Å². The molecule has 4 N–H and O–H groups in total. The van der Waals surface area contributed by atoms with Gasteiger partial charge in [-0.1, -0.05) is 80.8 Å². The van der Waals surface area contributed by atoms with Crippen molar-refractivity contribution in [3.05, 3.63) is 72.3 Å². The van der Waals surface area contributed by atoms with E-state index in [4.69, 9.17) is 0 Å². The molecule has 0 unspecified atom stereocenters. The number of rotatable bonds is 18. The van der Waals surface area contributed by atoms with Gasteiger partial charge in [0.1, 0.15) is 0 Å². The average molecular weight is 605 g/mol. The summed E-state index contributed by atoms with van der Waals surface area (Å²) in [6, 6.07) is 21.3. The van der Waals surface area contributed by atoms with Gasteiger partial charge in [-0.25, -0.2) is 13.1 Å². The van der Waals surface area contributed by atoms with Crippen LogP contribution in [0.5, 0.6) is 0 Å². The Morgan fingerprint density at radius 1 is 0.651 bits per heavy atom. The predicted octanol–water partition coefficient (Wildman–Crippen LogP) is 5.87. The number of anilines is 4. The highest BCUT2D eigenvalue weighted by molar-refractivity contribution is 7.89. The Morgan fingerprint density at radius 3 is 1.93 bits per heavy atom. The summed E-state index contributed by atoms with van der Waals surface area (Å²) in [5, 5.41) is 11.6. The molecule has 3 aromatic carbocycles. The molecule has 4 aromatic rings. The van der Waals surface area contributed by atoms with Crippen molar-refractivity contribution >= 4 is 44.3 Å². The van der Waals surface area contributed by atoms with Gasteiger partial charge in [-0.3, -0.25) is 0 Å². The summed E-state index contributed by atoms with van der Waals surface area (Å²) in [6.07, 6.45) is 5.68. The van der Waals surface area contributed by atoms with Gasteiger partial charge in [0.25, 0.3) is 0 Å². The molecular weight excluding hydrogens is 560 g/mol. The first-order valence-electron chi connectivity index (χ1n) is 15.1. The van der Waals surface area contributed by atoms with Crippen LogP contribution in [0.15, 0.2) is 71.6 Å². The van der Waals surface area contributed by atoms with E-state index in [0.717, 1.165) is 67.1 Å². The largest absolute Gasteiger partial charge is 0.377 e. The fraction of sp³-hybridized carbons (Fsp3) is 0.406. The number of benzene rings is 3. The van der Waals surface area contributed by atoms with Crippen LogP contribution >= 0.6 is 0 Å². The Kier molecular flexibility index (Phi) is 11.9. The minimum Gasteiger partial charge on any atom is -0.377 e. The summed E-state index contributed by atoms with van der Waals surface area (Å²) < 4.78 is 29.0. The van der Waals surface area contributed by atoms with Crippen LogP contribution in [-0.2, 0) is 16.6 Å². The van der Waals surface area contributed by atoms with E-state index in [1.807, 2.05) is 61.5 Å². The van der Waals surface area contributed by atoms with Crippen LogP contribution < -0.4 is 25.6 Å². The number of hydrogen-bond acceptors (Lipinski definition) is 9. The predicted molar refractivity (Wildman–Crippen MR) is 177 cm³/mol. The molecule has 0 aliphatic rings. The number of unbranched alkanes of at least 4 members (excludes halogenated alkanes) is 4. The van der Waals surface area contributed by atoms with Gasteiger partial charge in [0, 0.05) is 56.7 Å². The zero-order valence-corrected chi connectivity index (χ0v) is 26.3. The van der Waals surface area contributed by atoms with Gasteiger partial charge in [0.2, 0.25) is 27.9 Å². The van der Waals surface area contributed by atoms with E-state index in [1.165, 1.54) is 0 Å². The second-order valence-electron chi connectivity index (χ2n) is 10.7. The first-order chi connectivity index (χ1) is 20.9. The lowest BCUT2D eigenvalue weighted by atomic mass is 10.1. The minimum atomic E-state index is -3.62. The Hall–Kier alpha value is -3.96. The van der Waals surface area contributed by atoms with Crippen LogP contribution in [0.4, 0.5) is 23.5 Å². The van der Waals surface area contributed by atoms with Crippen LogP contribution in [-0.4, -0.2) is 57.1 Å². The molecule has 0 atom stereocenters. The monoisotopic (exact) mass is 604 g/mol. The lowest BCUT2D eigenvalue weighted by molar-refractivity contribution is 0.573. The molecule has 1 heterocycles. The lowest BCUT2D eigenvalue weighted by Gasteiger charge is -2.17. The molecule has 10 nitrogen and oxygen atoms in total. The number of nitrogens with one attached hydrogen (secondary N) is 4. The molecular formula is C32H44N8O2S. The first kappa shape index (κ1) is 32.0. The topological polar surface area (TPSA) is 124 Å². The van der Waals surface area contributed by atoms with Gasteiger partial charge >= 0.3 is 0 Å². The standard InChI is InChI=1S/C32H44N8O2S/c1-4-5-21-33-30-37-31(39-32(38-30)35-24-25-15-9-8-10-16-25)34-22-11-6-7-12-23-36-43(41,42)29-20-14-17-26-27(29)18-13-19-28(26)40(2)3/h8-10,13-20,36H,4-7,11-12,21-24H2,1-3H3,(H3,33,34,35,37,38,39). The van der Waals surface area contributed by atoms with Crippen molar-refractivity contribution in [3.63, 3.8) is 0 Å². The van der Waals surface area contributed by atoms with Crippen LogP contribution in [0.2, 0.25) is 0 Å². The van der Waals surface area contributed by atoms with Gasteiger partial charge in [0.15, 0.2) is 0 Å². The Balaban J connectivity index is 1.23. The normalized spacial score (nSPS) is 11.4. The fourth-order valence-corrected chi connectivity index (χ4v) is 6.04. The summed E-state index contributed by atoms with van der Waals surface area (Å²) in [7, 11) is 0.296. The van der Waals surface area contributed by atoms with Crippen LogP contribution in [0.25, 0.3) is 10.8 Å². The molecule has 0 aliphatic carbocycles. The highest BCUT2D eigenvalue weighted by Crippen LogP contribution is 2.30. The van der Waals surface area contributed by atoms with Gasteiger partial charge in [-0.15, -0.1) is 0 Å². The van der Waals surface area contributed by atoms with Crippen molar-refractivity contribution in [2.24, 2.45) is 0 Å². The molecule has 0 radical (unpaired) electrons. The maximum Gasteiger partial charge on any atom is 0.241 e.